The number of carbonyl (C=O) groups is 1. The summed E-state index contributed by atoms with van der Waals surface area (Å²) >= 11 is 2.17. The Hall–Kier alpha value is -3.83. The number of nitrogens with zero attached hydrogens (tertiary/aromatic N) is 1. The first kappa shape index (κ1) is 23.3. The predicted molar refractivity (Wildman–Crippen MR) is 143 cm³/mol. The van der Waals surface area contributed by atoms with Gasteiger partial charge in [-0.1, -0.05) is 54.6 Å². The van der Waals surface area contributed by atoms with Crippen molar-refractivity contribution in [1.29, 1.82) is 5.26 Å². The van der Waals surface area contributed by atoms with E-state index in [0.29, 0.717) is 29.4 Å². The average molecular weight is 560 g/mol. The zero-order valence-corrected chi connectivity index (χ0v) is 20.6. The number of anilines is 1. The van der Waals surface area contributed by atoms with Crippen LogP contribution in [0.3, 0.4) is 0 Å². The molecule has 4 rings (SSSR count). The van der Waals surface area contributed by atoms with Gasteiger partial charge in [0.15, 0.2) is 11.5 Å². The lowest BCUT2D eigenvalue weighted by Gasteiger charge is -2.13. The van der Waals surface area contributed by atoms with E-state index in [4.69, 9.17) is 9.47 Å². The number of nitrogens with one attached hydrogen (secondary N) is 1. The van der Waals surface area contributed by atoms with Gasteiger partial charge in [0.05, 0.1) is 7.11 Å². The topological polar surface area (TPSA) is 71.3 Å². The molecule has 0 heterocycles. The largest absolute Gasteiger partial charge is 0.493 e. The summed E-state index contributed by atoms with van der Waals surface area (Å²) < 4.78 is 12.6. The Bertz CT molecular complexity index is 1420. The number of ether oxygens (including phenoxy) is 2. The van der Waals surface area contributed by atoms with Crippen LogP contribution in [0.25, 0.3) is 16.8 Å². The van der Waals surface area contributed by atoms with E-state index < -0.39 is 5.91 Å². The number of halogens is 1. The summed E-state index contributed by atoms with van der Waals surface area (Å²) in [6.45, 7) is 0.384. The molecular formula is C28H21IN2O3. The van der Waals surface area contributed by atoms with Gasteiger partial charge in [-0.25, -0.2) is 0 Å². The molecule has 0 spiro atoms. The summed E-state index contributed by atoms with van der Waals surface area (Å²) in [7, 11) is 1.56. The summed E-state index contributed by atoms with van der Waals surface area (Å²) in [5, 5.41) is 14.6. The Morgan fingerprint density at radius 3 is 2.59 bits per heavy atom. The third kappa shape index (κ3) is 5.56. The van der Waals surface area contributed by atoms with Crippen molar-refractivity contribution >= 4 is 51.0 Å². The molecule has 4 aromatic rings. The zero-order chi connectivity index (χ0) is 23.9. The third-order valence-electron chi connectivity index (χ3n) is 5.21. The van der Waals surface area contributed by atoms with Crippen LogP contribution in [-0.4, -0.2) is 13.0 Å². The molecule has 0 aliphatic carbocycles. The molecule has 0 fully saturated rings. The van der Waals surface area contributed by atoms with Crippen molar-refractivity contribution in [2.75, 3.05) is 12.4 Å². The highest BCUT2D eigenvalue weighted by Gasteiger charge is 2.12. The molecule has 5 nitrogen and oxygen atoms in total. The Balaban J connectivity index is 1.52. The van der Waals surface area contributed by atoms with Gasteiger partial charge in [-0.3, -0.25) is 4.79 Å². The molecule has 1 amide bonds. The highest BCUT2D eigenvalue weighted by molar-refractivity contribution is 14.1. The van der Waals surface area contributed by atoms with E-state index in [2.05, 4.69) is 46.1 Å². The van der Waals surface area contributed by atoms with E-state index in [1.165, 1.54) is 6.08 Å². The van der Waals surface area contributed by atoms with Crippen molar-refractivity contribution in [3.63, 3.8) is 0 Å². The first-order valence-corrected chi connectivity index (χ1v) is 11.6. The van der Waals surface area contributed by atoms with Crippen LogP contribution < -0.4 is 14.8 Å². The van der Waals surface area contributed by atoms with Gasteiger partial charge in [-0.05, 0) is 80.9 Å². The molecule has 0 atom stereocenters. The molecule has 0 saturated heterocycles. The Labute approximate surface area is 211 Å². The fraction of sp³-hybridized carbons (Fsp3) is 0.0714. The Morgan fingerprint density at radius 2 is 1.79 bits per heavy atom. The molecule has 0 aliphatic heterocycles. The van der Waals surface area contributed by atoms with Crippen molar-refractivity contribution in [1.82, 2.24) is 0 Å². The molecule has 0 unspecified atom stereocenters. The van der Waals surface area contributed by atoms with Crippen molar-refractivity contribution < 1.29 is 14.3 Å². The molecule has 34 heavy (non-hydrogen) atoms. The lowest BCUT2D eigenvalue weighted by atomic mass is 10.1. The molecular weight excluding hydrogens is 539 g/mol. The van der Waals surface area contributed by atoms with Gasteiger partial charge in [-0.2, -0.15) is 5.26 Å². The summed E-state index contributed by atoms with van der Waals surface area (Å²) in [4.78, 5) is 12.6. The highest BCUT2D eigenvalue weighted by Crippen LogP contribution is 2.30. The SMILES string of the molecule is COc1cc(/C=C(\C#N)C(=O)Nc2cccc(I)c2)ccc1OCc1cccc2ccccc12. The second-order valence-corrected chi connectivity index (χ2v) is 8.72. The average Bonchev–Trinajstić information content (AvgIpc) is 2.86. The lowest BCUT2D eigenvalue weighted by molar-refractivity contribution is -0.112. The van der Waals surface area contributed by atoms with Crippen LogP contribution in [0.1, 0.15) is 11.1 Å². The van der Waals surface area contributed by atoms with E-state index in [-0.39, 0.29) is 5.57 Å². The first-order valence-electron chi connectivity index (χ1n) is 10.5. The quantitative estimate of drug-likeness (QED) is 0.158. The molecule has 1 N–H and O–H groups in total. The second-order valence-electron chi connectivity index (χ2n) is 7.47. The fourth-order valence-corrected chi connectivity index (χ4v) is 4.09. The Kier molecular flexibility index (Phi) is 7.45. The van der Waals surface area contributed by atoms with E-state index in [0.717, 1.165) is 19.9 Å². The monoisotopic (exact) mass is 560 g/mol. The van der Waals surface area contributed by atoms with Gasteiger partial charge in [0, 0.05) is 9.26 Å². The molecule has 0 aliphatic rings. The maximum atomic E-state index is 12.6. The summed E-state index contributed by atoms with van der Waals surface area (Å²) in [6, 6.07) is 29.0. The molecule has 6 heteroatoms. The number of benzene rings is 4. The van der Waals surface area contributed by atoms with Crippen LogP contribution in [0.2, 0.25) is 0 Å². The normalized spacial score (nSPS) is 11.0. The van der Waals surface area contributed by atoms with Crippen LogP contribution in [-0.2, 0) is 11.4 Å². The minimum atomic E-state index is -0.472. The number of nitriles is 1. The zero-order valence-electron chi connectivity index (χ0n) is 18.4. The molecule has 0 aromatic heterocycles. The minimum absolute atomic E-state index is 0.00895. The maximum absolute atomic E-state index is 12.6. The first-order chi connectivity index (χ1) is 16.6. The standard InChI is InChI=1S/C28H21IN2O3/c1-33-27-15-19(14-22(17-30)28(32)31-24-10-5-9-23(29)16-24)12-13-26(27)34-18-21-8-4-7-20-6-2-3-11-25(20)21/h2-16H,18H2,1H3,(H,31,32)/b22-14+. The van der Waals surface area contributed by atoms with Gasteiger partial charge in [0.1, 0.15) is 18.2 Å². The minimum Gasteiger partial charge on any atom is -0.493 e. The predicted octanol–water partition coefficient (Wildman–Crippen LogP) is 6.58. The number of rotatable bonds is 7. The van der Waals surface area contributed by atoms with Gasteiger partial charge >= 0.3 is 0 Å². The number of hydrogen-bond donors (Lipinski definition) is 1. The molecule has 4 aromatic carbocycles. The highest BCUT2D eigenvalue weighted by atomic mass is 127. The van der Waals surface area contributed by atoms with Crippen LogP contribution >= 0.6 is 22.6 Å². The van der Waals surface area contributed by atoms with Crippen LogP contribution in [0, 0.1) is 14.9 Å². The number of hydrogen-bond acceptors (Lipinski definition) is 4. The fourth-order valence-electron chi connectivity index (χ4n) is 3.55. The van der Waals surface area contributed by atoms with Crippen molar-refractivity contribution in [3.8, 4) is 17.6 Å². The summed E-state index contributed by atoms with van der Waals surface area (Å²) in [5.41, 5.74) is 2.35. The molecule has 0 saturated carbocycles. The van der Waals surface area contributed by atoms with E-state index in [1.807, 2.05) is 48.5 Å². The molecule has 168 valence electrons. The van der Waals surface area contributed by atoms with E-state index >= 15 is 0 Å². The van der Waals surface area contributed by atoms with Crippen molar-refractivity contribution in [3.05, 3.63) is 105 Å². The van der Waals surface area contributed by atoms with E-state index in [9.17, 15) is 10.1 Å². The number of carbonyl (C=O) groups excluding carboxylic acids is 1. The maximum Gasteiger partial charge on any atom is 0.266 e. The van der Waals surface area contributed by atoms with Crippen LogP contribution in [0.15, 0.2) is 90.5 Å². The lowest BCUT2D eigenvalue weighted by Crippen LogP contribution is -2.13. The number of fused-ring (bicyclic) bond motifs is 1. The number of methoxy groups -OCH3 is 1. The van der Waals surface area contributed by atoms with Gasteiger partial charge < -0.3 is 14.8 Å². The van der Waals surface area contributed by atoms with Gasteiger partial charge in [0.2, 0.25) is 0 Å². The molecule has 0 bridgehead atoms. The number of amides is 1. The summed E-state index contributed by atoms with van der Waals surface area (Å²) in [6.07, 6.45) is 1.53. The van der Waals surface area contributed by atoms with Crippen molar-refractivity contribution in [2.45, 2.75) is 6.61 Å². The van der Waals surface area contributed by atoms with Crippen LogP contribution in [0.5, 0.6) is 11.5 Å². The smallest absolute Gasteiger partial charge is 0.266 e. The Morgan fingerprint density at radius 1 is 1.00 bits per heavy atom. The summed E-state index contributed by atoms with van der Waals surface area (Å²) in [5.74, 6) is 0.624. The molecule has 0 radical (unpaired) electrons. The van der Waals surface area contributed by atoms with E-state index in [1.54, 1.807) is 31.4 Å². The third-order valence-corrected chi connectivity index (χ3v) is 5.88. The second kappa shape index (κ2) is 10.9. The van der Waals surface area contributed by atoms with Gasteiger partial charge in [0.25, 0.3) is 5.91 Å². The van der Waals surface area contributed by atoms with Crippen LogP contribution in [0.4, 0.5) is 5.69 Å². The van der Waals surface area contributed by atoms with Crippen molar-refractivity contribution in [2.24, 2.45) is 0 Å². The van der Waals surface area contributed by atoms with Gasteiger partial charge in [-0.15, -0.1) is 0 Å².